The minimum Gasteiger partial charge on any atom is -0.356 e. The van der Waals surface area contributed by atoms with Crippen molar-refractivity contribution in [1.29, 1.82) is 0 Å². The van der Waals surface area contributed by atoms with Crippen LogP contribution in [0.15, 0.2) is 54.6 Å². The Bertz CT molecular complexity index is 694. The summed E-state index contributed by atoms with van der Waals surface area (Å²) in [4.78, 5) is 12.1. The highest BCUT2D eigenvalue weighted by atomic mass is 32.1. The molecule has 124 valence electrons. The van der Waals surface area contributed by atoms with E-state index in [-0.39, 0.29) is 11.8 Å². The number of carbonyl (C=O) groups is 1. The van der Waals surface area contributed by atoms with Crippen LogP contribution in [0.2, 0.25) is 0 Å². The zero-order valence-electron chi connectivity index (χ0n) is 13.4. The van der Waals surface area contributed by atoms with Gasteiger partial charge in [-0.2, -0.15) is 0 Å². The first-order chi connectivity index (χ1) is 11.7. The normalized spacial score (nSPS) is 14.2. The largest absolute Gasteiger partial charge is 0.356 e. The molecule has 24 heavy (non-hydrogen) atoms. The molecular weight excluding hydrogens is 318 g/mol. The van der Waals surface area contributed by atoms with Crippen molar-refractivity contribution in [1.82, 2.24) is 5.32 Å². The summed E-state index contributed by atoms with van der Waals surface area (Å²) in [6.45, 7) is 0. The highest BCUT2D eigenvalue weighted by Gasteiger charge is 2.23. The third kappa shape index (κ3) is 4.55. The molecule has 0 heterocycles. The molecular formula is C19H21N3OS. The lowest BCUT2D eigenvalue weighted by atomic mass is 10.1. The van der Waals surface area contributed by atoms with Gasteiger partial charge in [-0.25, -0.2) is 0 Å². The highest BCUT2D eigenvalue weighted by molar-refractivity contribution is 7.80. The van der Waals surface area contributed by atoms with Gasteiger partial charge in [-0.05, 0) is 61.5 Å². The summed E-state index contributed by atoms with van der Waals surface area (Å²) in [5.41, 5.74) is 2.88. The lowest BCUT2D eigenvalue weighted by molar-refractivity contribution is -0.123. The van der Waals surface area contributed by atoms with Gasteiger partial charge in [0.15, 0.2) is 5.11 Å². The summed E-state index contributed by atoms with van der Waals surface area (Å²) in [6, 6.07) is 17.8. The Labute approximate surface area is 147 Å². The lowest BCUT2D eigenvalue weighted by Crippen LogP contribution is -2.37. The van der Waals surface area contributed by atoms with Gasteiger partial charge in [-0.15, -0.1) is 0 Å². The monoisotopic (exact) mass is 339 g/mol. The molecule has 1 saturated carbocycles. The smallest absolute Gasteiger partial charge is 0.229 e. The van der Waals surface area contributed by atoms with Gasteiger partial charge >= 0.3 is 0 Å². The van der Waals surface area contributed by atoms with Crippen LogP contribution in [0.3, 0.4) is 0 Å². The maximum atomic E-state index is 12.1. The van der Waals surface area contributed by atoms with Crippen molar-refractivity contribution in [3.63, 3.8) is 0 Å². The molecule has 0 unspecified atom stereocenters. The molecule has 0 atom stereocenters. The number of thiocarbonyl (C=S) groups is 1. The summed E-state index contributed by atoms with van der Waals surface area (Å²) >= 11 is 5.23. The van der Waals surface area contributed by atoms with Crippen molar-refractivity contribution in [2.75, 3.05) is 10.6 Å². The second kappa shape index (κ2) is 7.93. The first kappa shape index (κ1) is 16.5. The third-order valence-electron chi connectivity index (χ3n) is 4.17. The van der Waals surface area contributed by atoms with E-state index in [1.165, 1.54) is 0 Å². The molecule has 2 aromatic carbocycles. The van der Waals surface area contributed by atoms with Crippen molar-refractivity contribution >= 4 is 40.3 Å². The van der Waals surface area contributed by atoms with Crippen LogP contribution in [-0.4, -0.2) is 11.0 Å². The Morgan fingerprint density at radius 3 is 2.12 bits per heavy atom. The molecule has 0 radical (unpaired) electrons. The Balaban J connectivity index is 1.52. The van der Waals surface area contributed by atoms with E-state index < -0.39 is 0 Å². The van der Waals surface area contributed by atoms with E-state index in [4.69, 9.17) is 12.2 Å². The molecule has 4 nitrogen and oxygen atoms in total. The van der Waals surface area contributed by atoms with E-state index in [9.17, 15) is 4.79 Å². The van der Waals surface area contributed by atoms with E-state index in [0.29, 0.717) is 5.11 Å². The summed E-state index contributed by atoms with van der Waals surface area (Å²) in [6.07, 6.45) is 4.20. The Kier molecular flexibility index (Phi) is 5.43. The molecule has 1 aliphatic carbocycles. The summed E-state index contributed by atoms with van der Waals surface area (Å²) < 4.78 is 0. The van der Waals surface area contributed by atoms with Gasteiger partial charge in [-0.3, -0.25) is 4.79 Å². The second-order valence-electron chi connectivity index (χ2n) is 5.99. The molecule has 1 aliphatic rings. The van der Waals surface area contributed by atoms with Gasteiger partial charge in [0.25, 0.3) is 0 Å². The number of hydrogen-bond acceptors (Lipinski definition) is 3. The number of anilines is 3. The van der Waals surface area contributed by atoms with Gasteiger partial charge in [0, 0.05) is 23.0 Å². The molecule has 0 saturated heterocycles. The number of benzene rings is 2. The van der Waals surface area contributed by atoms with Crippen LogP contribution >= 0.6 is 12.2 Å². The number of carbonyl (C=O) groups excluding carboxylic acids is 1. The first-order valence-electron chi connectivity index (χ1n) is 8.25. The van der Waals surface area contributed by atoms with Crippen molar-refractivity contribution in [2.24, 2.45) is 5.92 Å². The lowest BCUT2D eigenvalue weighted by Gasteiger charge is -2.13. The Morgan fingerprint density at radius 2 is 1.46 bits per heavy atom. The van der Waals surface area contributed by atoms with E-state index >= 15 is 0 Å². The molecule has 1 fully saturated rings. The standard InChI is InChI=1S/C19H21N3OS/c23-18(14-6-4-5-7-14)22-19(24)21-17-12-10-16(11-13-17)20-15-8-2-1-3-9-15/h1-3,8-14,20H,4-7H2,(H2,21,22,23,24). The molecule has 0 spiro atoms. The van der Waals surface area contributed by atoms with E-state index in [1.54, 1.807) is 0 Å². The number of rotatable bonds is 4. The molecule has 3 N–H and O–H groups in total. The second-order valence-corrected chi connectivity index (χ2v) is 6.40. The molecule has 2 aromatic rings. The Morgan fingerprint density at radius 1 is 0.875 bits per heavy atom. The number of nitrogens with one attached hydrogen (secondary N) is 3. The van der Waals surface area contributed by atoms with Gasteiger partial charge in [-0.1, -0.05) is 31.0 Å². The number of amides is 1. The van der Waals surface area contributed by atoms with Crippen molar-refractivity contribution in [3.05, 3.63) is 54.6 Å². The fourth-order valence-corrected chi connectivity index (χ4v) is 3.11. The average molecular weight is 339 g/mol. The van der Waals surface area contributed by atoms with Crippen LogP contribution in [0.5, 0.6) is 0 Å². The maximum absolute atomic E-state index is 12.1. The molecule has 5 heteroatoms. The average Bonchev–Trinajstić information content (AvgIpc) is 3.12. The van der Waals surface area contributed by atoms with Crippen molar-refractivity contribution in [3.8, 4) is 0 Å². The SMILES string of the molecule is O=C(NC(=S)Nc1ccc(Nc2ccccc2)cc1)C1CCCC1. The molecule has 1 amide bonds. The Hall–Kier alpha value is -2.40. The van der Waals surface area contributed by atoms with Gasteiger partial charge in [0.1, 0.15) is 0 Å². The van der Waals surface area contributed by atoms with E-state index in [2.05, 4.69) is 16.0 Å². The fourth-order valence-electron chi connectivity index (χ4n) is 2.89. The third-order valence-corrected chi connectivity index (χ3v) is 4.37. The summed E-state index contributed by atoms with van der Waals surface area (Å²) in [5.74, 6) is 0.148. The zero-order chi connectivity index (χ0) is 16.8. The van der Waals surface area contributed by atoms with Crippen LogP contribution < -0.4 is 16.0 Å². The maximum Gasteiger partial charge on any atom is 0.229 e. The van der Waals surface area contributed by atoms with Crippen LogP contribution in [0.25, 0.3) is 0 Å². The highest BCUT2D eigenvalue weighted by Crippen LogP contribution is 2.24. The van der Waals surface area contributed by atoms with Crippen LogP contribution in [0, 0.1) is 5.92 Å². The van der Waals surface area contributed by atoms with Gasteiger partial charge < -0.3 is 16.0 Å². The summed E-state index contributed by atoms with van der Waals surface area (Å²) in [5, 5.41) is 9.53. The van der Waals surface area contributed by atoms with Crippen molar-refractivity contribution in [2.45, 2.75) is 25.7 Å². The molecule has 0 aliphatic heterocycles. The zero-order valence-corrected chi connectivity index (χ0v) is 14.2. The molecule has 0 aromatic heterocycles. The quantitative estimate of drug-likeness (QED) is 0.721. The van der Waals surface area contributed by atoms with Gasteiger partial charge in [0.2, 0.25) is 5.91 Å². The van der Waals surface area contributed by atoms with E-state index in [1.807, 2.05) is 54.6 Å². The number of para-hydroxylation sites is 1. The van der Waals surface area contributed by atoms with Gasteiger partial charge in [0.05, 0.1) is 0 Å². The predicted molar refractivity (Wildman–Crippen MR) is 102 cm³/mol. The first-order valence-corrected chi connectivity index (χ1v) is 8.65. The van der Waals surface area contributed by atoms with Crippen molar-refractivity contribution < 1.29 is 4.79 Å². The minimum absolute atomic E-state index is 0.0346. The molecule has 0 bridgehead atoms. The van der Waals surface area contributed by atoms with Crippen LogP contribution in [-0.2, 0) is 4.79 Å². The molecule has 3 rings (SSSR count). The minimum atomic E-state index is 0.0346. The predicted octanol–water partition coefficient (Wildman–Crippen LogP) is 4.43. The summed E-state index contributed by atoms with van der Waals surface area (Å²) in [7, 11) is 0. The van der Waals surface area contributed by atoms with Crippen LogP contribution in [0.4, 0.5) is 17.1 Å². The van der Waals surface area contributed by atoms with E-state index in [0.717, 1.165) is 42.7 Å². The van der Waals surface area contributed by atoms with Crippen LogP contribution in [0.1, 0.15) is 25.7 Å². The fraction of sp³-hybridized carbons (Fsp3) is 0.263. The topological polar surface area (TPSA) is 53.2 Å². The number of hydrogen-bond donors (Lipinski definition) is 3.